The molecule has 1 aromatic carbocycles. The Labute approximate surface area is 155 Å². The molecule has 1 heterocycles. The Morgan fingerprint density at radius 3 is 2.52 bits per heavy atom. The minimum Gasteiger partial charge on any atom is -0.465 e. The number of carbonyl (C=O) groups is 1. The molecule has 3 aliphatic carbocycles. The fraction of sp³-hybridized carbons (Fsp3) is 0.550. The highest BCUT2D eigenvalue weighted by Crippen LogP contribution is 2.72. The van der Waals surface area contributed by atoms with Crippen LogP contribution in [0.1, 0.15) is 48.3 Å². The molecule has 146 valence electrons. The number of benzene rings is 1. The lowest BCUT2D eigenvalue weighted by Gasteiger charge is -2.73. The van der Waals surface area contributed by atoms with Gasteiger partial charge < -0.3 is 14.6 Å². The molecule has 2 bridgehead atoms. The van der Waals surface area contributed by atoms with Gasteiger partial charge in [-0.3, -0.25) is 0 Å². The topological polar surface area (TPSA) is 43.3 Å². The first-order chi connectivity index (χ1) is 12.6. The minimum atomic E-state index is -4.18. The van der Waals surface area contributed by atoms with E-state index in [9.17, 15) is 18.0 Å². The normalized spacial score (nSPS) is 27.8. The van der Waals surface area contributed by atoms with Gasteiger partial charge in [-0.25, -0.2) is 4.79 Å². The predicted molar refractivity (Wildman–Crippen MR) is 95.8 cm³/mol. The summed E-state index contributed by atoms with van der Waals surface area (Å²) in [5.74, 6) is -0.365. The summed E-state index contributed by atoms with van der Waals surface area (Å²) in [5.41, 5.74) is 1.99. The molecule has 5 rings (SSSR count). The molecule has 0 radical (unpaired) electrons. The van der Waals surface area contributed by atoms with E-state index in [0.717, 1.165) is 35.9 Å². The van der Waals surface area contributed by atoms with Crippen LogP contribution in [-0.4, -0.2) is 35.9 Å². The van der Waals surface area contributed by atoms with Crippen molar-refractivity contribution in [2.24, 2.45) is 5.41 Å². The van der Waals surface area contributed by atoms with Gasteiger partial charge in [0.05, 0.1) is 19.2 Å². The average Bonchev–Trinajstić information content (AvgIpc) is 2.82. The molecule has 1 aromatic heterocycles. The number of rotatable bonds is 5. The number of nitrogens with zero attached hydrogens (tertiary/aromatic N) is 1. The summed E-state index contributed by atoms with van der Waals surface area (Å²) in [4.78, 5) is 12.3. The minimum absolute atomic E-state index is 0.0153. The summed E-state index contributed by atoms with van der Waals surface area (Å²) >= 11 is 0. The van der Waals surface area contributed by atoms with Crippen LogP contribution < -0.4 is 5.32 Å². The van der Waals surface area contributed by atoms with E-state index in [1.54, 1.807) is 0 Å². The van der Waals surface area contributed by atoms with E-state index in [0.29, 0.717) is 5.56 Å². The van der Waals surface area contributed by atoms with Crippen molar-refractivity contribution in [3.63, 3.8) is 0 Å². The van der Waals surface area contributed by atoms with Crippen LogP contribution >= 0.6 is 0 Å². The van der Waals surface area contributed by atoms with Gasteiger partial charge in [-0.15, -0.1) is 0 Å². The predicted octanol–water partition coefficient (Wildman–Crippen LogP) is 4.37. The van der Waals surface area contributed by atoms with Crippen LogP contribution in [-0.2, 0) is 4.74 Å². The molecule has 0 spiro atoms. The fourth-order valence-corrected chi connectivity index (χ4v) is 5.31. The number of fused-ring (bicyclic) bond motifs is 1. The first-order valence-corrected chi connectivity index (χ1v) is 9.11. The average molecular weight is 380 g/mol. The molecule has 0 saturated heterocycles. The van der Waals surface area contributed by atoms with Crippen LogP contribution in [0.2, 0.25) is 0 Å². The summed E-state index contributed by atoms with van der Waals surface area (Å²) in [6, 6.07) is 7.80. The third-order valence-corrected chi connectivity index (χ3v) is 6.55. The highest BCUT2D eigenvalue weighted by Gasteiger charge is 2.70. The largest absolute Gasteiger partial charge is 0.465 e. The number of methoxy groups -OCH3 is 1. The van der Waals surface area contributed by atoms with Gasteiger partial charge in [0.25, 0.3) is 0 Å². The second-order valence-corrected chi connectivity index (χ2v) is 8.16. The van der Waals surface area contributed by atoms with Crippen molar-refractivity contribution < 1.29 is 22.7 Å². The molecule has 2 aromatic rings. The van der Waals surface area contributed by atoms with Gasteiger partial charge in [-0.2, -0.15) is 13.2 Å². The number of nitrogens with one attached hydrogen (secondary N) is 1. The van der Waals surface area contributed by atoms with Crippen LogP contribution in [0.5, 0.6) is 0 Å². The monoisotopic (exact) mass is 380 g/mol. The Morgan fingerprint density at radius 1 is 1.30 bits per heavy atom. The van der Waals surface area contributed by atoms with Crippen LogP contribution in [0, 0.1) is 12.3 Å². The van der Waals surface area contributed by atoms with E-state index in [-0.39, 0.29) is 23.0 Å². The van der Waals surface area contributed by atoms with Gasteiger partial charge >= 0.3 is 12.1 Å². The highest BCUT2D eigenvalue weighted by atomic mass is 19.4. The van der Waals surface area contributed by atoms with E-state index in [1.165, 1.54) is 7.11 Å². The molecular formula is C20H23F3N2O2. The van der Waals surface area contributed by atoms with Crippen LogP contribution in [0.25, 0.3) is 10.9 Å². The fourth-order valence-electron chi connectivity index (χ4n) is 5.31. The van der Waals surface area contributed by atoms with Gasteiger partial charge in [-0.05, 0) is 44.6 Å². The number of para-hydroxylation sites is 1. The van der Waals surface area contributed by atoms with Gasteiger partial charge in [0.1, 0.15) is 0 Å². The summed E-state index contributed by atoms with van der Waals surface area (Å²) in [7, 11) is 1.37. The zero-order valence-electron chi connectivity index (χ0n) is 15.6. The number of aromatic nitrogens is 1. The third kappa shape index (κ3) is 2.66. The van der Waals surface area contributed by atoms with Crippen molar-refractivity contribution in [1.82, 2.24) is 9.88 Å². The molecule has 0 amide bonds. The van der Waals surface area contributed by atoms with Gasteiger partial charge in [0, 0.05) is 28.2 Å². The number of carbonyl (C=O) groups excluding carboxylic acids is 1. The Kier molecular flexibility index (Phi) is 3.90. The summed E-state index contributed by atoms with van der Waals surface area (Å²) in [6.45, 7) is 3.08. The molecule has 1 N–H and O–H groups in total. The quantitative estimate of drug-likeness (QED) is 0.784. The first kappa shape index (κ1) is 18.3. The lowest BCUT2D eigenvalue weighted by Crippen LogP contribution is -2.76. The number of halogens is 3. The molecule has 3 aliphatic rings. The SMILES string of the molecule is COC(=O)c1c(C)n([C@H](C)C23CC(NCC(F)(F)F)(C2)C3)c2ccccc12. The van der Waals surface area contributed by atoms with Crippen LogP contribution in [0.4, 0.5) is 13.2 Å². The summed E-state index contributed by atoms with van der Waals surface area (Å²) < 4.78 is 44.7. The lowest BCUT2D eigenvalue weighted by atomic mass is 9.37. The van der Waals surface area contributed by atoms with Crippen LogP contribution in [0.3, 0.4) is 0 Å². The Hall–Kier alpha value is -2.02. The maximum Gasteiger partial charge on any atom is 0.401 e. The number of esters is 1. The molecule has 0 aliphatic heterocycles. The second-order valence-electron chi connectivity index (χ2n) is 8.16. The zero-order valence-corrected chi connectivity index (χ0v) is 15.6. The lowest BCUT2D eigenvalue weighted by molar-refractivity contribution is -0.201. The summed E-state index contributed by atoms with van der Waals surface area (Å²) in [6.07, 6.45) is -1.99. The Morgan fingerprint density at radius 2 is 1.93 bits per heavy atom. The molecule has 4 nitrogen and oxygen atoms in total. The molecule has 7 heteroatoms. The van der Waals surface area contributed by atoms with Crippen LogP contribution in [0.15, 0.2) is 24.3 Å². The van der Waals surface area contributed by atoms with E-state index < -0.39 is 12.7 Å². The Balaban J connectivity index is 1.62. The first-order valence-electron chi connectivity index (χ1n) is 9.11. The molecule has 3 saturated carbocycles. The summed E-state index contributed by atoms with van der Waals surface area (Å²) in [5, 5.41) is 3.56. The molecule has 27 heavy (non-hydrogen) atoms. The van der Waals surface area contributed by atoms with Gasteiger partial charge in [0.2, 0.25) is 0 Å². The zero-order chi connectivity index (χ0) is 19.6. The van der Waals surface area contributed by atoms with E-state index in [2.05, 4.69) is 16.8 Å². The third-order valence-electron chi connectivity index (χ3n) is 6.55. The van der Waals surface area contributed by atoms with Crippen molar-refractivity contribution >= 4 is 16.9 Å². The molecule has 3 fully saturated rings. The number of alkyl halides is 3. The second kappa shape index (κ2) is 5.74. The van der Waals surface area contributed by atoms with Gasteiger partial charge in [-0.1, -0.05) is 18.2 Å². The van der Waals surface area contributed by atoms with Crippen molar-refractivity contribution in [2.75, 3.05) is 13.7 Å². The van der Waals surface area contributed by atoms with Gasteiger partial charge in [0.15, 0.2) is 0 Å². The van der Waals surface area contributed by atoms with Crippen molar-refractivity contribution in [3.05, 3.63) is 35.5 Å². The standard InChI is InChI=1S/C20H23F3N2O2/c1-12-16(17(26)27-3)14-6-4-5-7-15(14)25(12)13(2)18-8-19(9-18,10-18)24-11-20(21,22)23/h4-7,13,24H,8-11H2,1-3H3/t13-,18?,19?/m1/s1. The van der Waals surface area contributed by atoms with Crippen molar-refractivity contribution in [2.45, 2.75) is 50.9 Å². The number of ether oxygens (including phenoxy) is 1. The smallest absolute Gasteiger partial charge is 0.401 e. The maximum absolute atomic E-state index is 12.5. The Bertz CT molecular complexity index is 896. The number of hydrogen-bond donors (Lipinski definition) is 1. The van der Waals surface area contributed by atoms with E-state index in [1.807, 2.05) is 31.2 Å². The molecule has 1 atom stereocenters. The molecular weight excluding hydrogens is 357 g/mol. The molecule has 0 unspecified atom stereocenters. The van der Waals surface area contributed by atoms with Crippen molar-refractivity contribution in [1.29, 1.82) is 0 Å². The maximum atomic E-state index is 12.5. The van der Waals surface area contributed by atoms with E-state index >= 15 is 0 Å². The number of hydrogen-bond acceptors (Lipinski definition) is 3. The van der Waals surface area contributed by atoms with Crippen molar-refractivity contribution in [3.8, 4) is 0 Å². The highest BCUT2D eigenvalue weighted by molar-refractivity contribution is 6.06. The van der Waals surface area contributed by atoms with E-state index in [4.69, 9.17) is 4.74 Å².